The zero-order chi connectivity index (χ0) is 15.2. The van der Waals surface area contributed by atoms with Gasteiger partial charge < -0.3 is 0 Å². The molecule has 6 heteroatoms. The molecule has 114 valence electrons. The van der Waals surface area contributed by atoms with Crippen LogP contribution in [-0.2, 0) is 13.0 Å². The van der Waals surface area contributed by atoms with Crippen LogP contribution < -0.4 is 0 Å². The van der Waals surface area contributed by atoms with E-state index < -0.39 is 0 Å². The first-order chi connectivity index (χ1) is 11.4. The molecule has 0 aliphatic carbocycles. The van der Waals surface area contributed by atoms with Crippen molar-refractivity contribution in [1.82, 2.24) is 18.5 Å². The zero-order valence-electron chi connectivity index (χ0n) is 12.6. The quantitative estimate of drug-likeness (QED) is 0.723. The predicted molar refractivity (Wildman–Crippen MR) is 92.7 cm³/mol. The van der Waals surface area contributed by atoms with E-state index in [-0.39, 0.29) is 0 Å². The second-order valence-electron chi connectivity index (χ2n) is 5.91. The van der Waals surface area contributed by atoms with E-state index in [1.807, 2.05) is 12.3 Å². The van der Waals surface area contributed by atoms with Crippen LogP contribution in [0.1, 0.15) is 30.7 Å². The van der Waals surface area contributed by atoms with Crippen molar-refractivity contribution in [2.45, 2.75) is 32.2 Å². The highest BCUT2D eigenvalue weighted by Gasteiger charge is 2.26. The summed E-state index contributed by atoms with van der Waals surface area (Å²) >= 11 is 1.27. The van der Waals surface area contributed by atoms with Crippen molar-refractivity contribution in [3.63, 3.8) is 0 Å². The molecule has 5 rings (SSSR count). The number of aliphatic imine (C=N–C) groups is 1. The summed E-state index contributed by atoms with van der Waals surface area (Å²) in [5.41, 5.74) is 7.56. The van der Waals surface area contributed by atoms with E-state index in [2.05, 4.69) is 36.6 Å². The van der Waals surface area contributed by atoms with E-state index in [1.54, 1.807) is 0 Å². The van der Waals surface area contributed by atoms with Gasteiger partial charge in [0.1, 0.15) is 16.7 Å². The molecule has 0 amide bonds. The van der Waals surface area contributed by atoms with Crippen LogP contribution in [0.25, 0.3) is 27.9 Å². The SMILES string of the molecule is C1=NC(c2nn3c(c2-c2cccc4nsnc24)CCC3)=CCC1. The molecule has 1 aromatic carbocycles. The number of hydrogen-bond acceptors (Lipinski definition) is 5. The van der Waals surface area contributed by atoms with E-state index in [4.69, 9.17) is 5.10 Å². The third-order valence-electron chi connectivity index (χ3n) is 4.50. The first-order valence-corrected chi connectivity index (χ1v) is 8.69. The van der Waals surface area contributed by atoms with E-state index in [0.29, 0.717) is 0 Å². The van der Waals surface area contributed by atoms with Crippen molar-refractivity contribution in [1.29, 1.82) is 0 Å². The largest absolute Gasteiger partial charge is 0.268 e. The maximum atomic E-state index is 4.87. The molecular weight excluding hydrogens is 306 g/mol. The van der Waals surface area contributed by atoms with Gasteiger partial charge in [0, 0.05) is 29.6 Å². The van der Waals surface area contributed by atoms with Gasteiger partial charge in [0.2, 0.25) is 0 Å². The lowest BCUT2D eigenvalue weighted by Gasteiger charge is -2.08. The first-order valence-electron chi connectivity index (χ1n) is 7.96. The van der Waals surface area contributed by atoms with E-state index in [0.717, 1.165) is 60.2 Å². The highest BCUT2D eigenvalue weighted by atomic mass is 32.1. The Labute approximate surface area is 137 Å². The normalized spacial score (nSPS) is 16.8. The predicted octanol–water partition coefficient (Wildman–Crippen LogP) is 3.71. The molecule has 0 radical (unpaired) electrons. The number of rotatable bonds is 2. The van der Waals surface area contributed by atoms with Gasteiger partial charge in [-0.25, -0.2) is 0 Å². The van der Waals surface area contributed by atoms with Crippen LogP contribution in [0.3, 0.4) is 0 Å². The van der Waals surface area contributed by atoms with Gasteiger partial charge in [-0.15, -0.1) is 0 Å². The summed E-state index contributed by atoms with van der Waals surface area (Å²) < 4.78 is 11.1. The summed E-state index contributed by atoms with van der Waals surface area (Å²) in [6, 6.07) is 6.21. The molecule has 3 aromatic rings. The summed E-state index contributed by atoms with van der Waals surface area (Å²) in [5, 5.41) is 4.87. The number of aryl methyl sites for hydroxylation is 1. The second-order valence-corrected chi connectivity index (χ2v) is 6.44. The van der Waals surface area contributed by atoms with Crippen LogP contribution in [0.2, 0.25) is 0 Å². The van der Waals surface area contributed by atoms with Crippen LogP contribution in [0.5, 0.6) is 0 Å². The summed E-state index contributed by atoms with van der Waals surface area (Å²) in [6.45, 7) is 0.991. The molecule has 0 saturated carbocycles. The summed E-state index contributed by atoms with van der Waals surface area (Å²) in [5.74, 6) is 0. The fourth-order valence-corrected chi connectivity index (χ4v) is 4.02. The van der Waals surface area contributed by atoms with Gasteiger partial charge in [-0.2, -0.15) is 13.8 Å². The molecule has 0 spiro atoms. The Balaban J connectivity index is 1.80. The molecule has 4 heterocycles. The molecule has 23 heavy (non-hydrogen) atoms. The van der Waals surface area contributed by atoms with Crippen LogP contribution in [0.4, 0.5) is 0 Å². The molecule has 0 unspecified atom stereocenters. The third-order valence-corrected chi connectivity index (χ3v) is 5.05. The monoisotopic (exact) mass is 321 g/mol. The van der Waals surface area contributed by atoms with Gasteiger partial charge in [0.15, 0.2) is 0 Å². The van der Waals surface area contributed by atoms with Gasteiger partial charge >= 0.3 is 0 Å². The van der Waals surface area contributed by atoms with E-state index in [1.165, 1.54) is 23.0 Å². The average molecular weight is 321 g/mol. The fourth-order valence-electron chi connectivity index (χ4n) is 3.47. The molecule has 0 atom stereocenters. The summed E-state index contributed by atoms with van der Waals surface area (Å²) in [4.78, 5) is 4.59. The lowest BCUT2D eigenvalue weighted by atomic mass is 9.98. The number of aromatic nitrogens is 4. The molecule has 2 aromatic heterocycles. The van der Waals surface area contributed by atoms with Crippen molar-refractivity contribution in [2.24, 2.45) is 4.99 Å². The van der Waals surface area contributed by atoms with Crippen molar-refractivity contribution >= 4 is 34.7 Å². The highest BCUT2D eigenvalue weighted by Crippen LogP contribution is 2.39. The summed E-state index contributed by atoms with van der Waals surface area (Å²) in [7, 11) is 0. The maximum absolute atomic E-state index is 4.87. The van der Waals surface area contributed by atoms with Crippen molar-refractivity contribution < 1.29 is 0 Å². The van der Waals surface area contributed by atoms with Gasteiger partial charge in [0.25, 0.3) is 0 Å². The number of nitrogens with zero attached hydrogens (tertiary/aromatic N) is 5. The van der Waals surface area contributed by atoms with Crippen molar-refractivity contribution in [3.05, 3.63) is 35.7 Å². The van der Waals surface area contributed by atoms with Crippen LogP contribution >= 0.6 is 11.7 Å². The zero-order valence-corrected chi connectivity index (χ0v) is 13.4. The minimum absolute atomic E-state index is 0.956. The molecule has 5 nitrogen and oxygen atoms in total. The minimum Gasteiger partial charge on any atom is -0.268 e. The second kappa shape index (κ2) is 5.09. The minimum atomic E-state index is 0.956. The Bertz CT molecular complexity index is 963. The molecule has 2 aliphatic heterocycles. The number of benzene rings is 1. The van der Waals surface area contributed by atoms with Crippen molar-refractivity contribution in [2.75, 3.05) is 0 Å². The summed E-state index contributed by atoms with van der Waals surface area (Å²) in [6.07, 6.45) is 8.45. The highest BCUT2D eigenvalue weighted by molar-refractivity contribution is 7.00. The Morgan fingerprint density at radius 2 is 2.13 bits per heavy atom. The lowest BCUT2D eigenvalue weighted by molar-refractivity contribution is 0.653. The van der Waals surface area contributed by atoms with Crippen molar-refractivity contribution in [3.8, 4) is 11.1 Å². The molecule has 0 bridgehead atoms. The number of fused-ring (bicyclic) bond motifs is 2. The Kier molecular flexibility index (Phi) is 2.91. The fraction of sp³-hybridized carbons (Fsp3) is 0.294. The van der Waals surface area contributed by atoms with Crippen LogP contribution in [0, 0.1) is 0 Å². The van der Waals surface area contributed by atoms with E-state index >= 15 is 0 Å². The molecule has 0 saturated heterocycles. The maximum Gasteiger partial charge on any atom is 0.119 e. The van der Waals surface area contributed by atoms with E-state index in [9.17, 15) is 0 Å². The molecule has 2 aliphatic rings. The smallest absolute Gasteiger partial charge is 0.119 e. The third kappa shape index (κ3) is 1.98. The first kappa shape index (κ1) is 13.1. The van der Waals surface area contributed by atoms with Gasteiger partial charge in [0.05, 0.1) is 17.4 Å². The molecular formula is C17H15N5S. The van der Waals surface area contributed by atoms with Gasteiger partial charge in [-0.1, -0.05) is 18.2 Å². The van der Waals surface area contributed by atoms with Crippen LogP contribution in [0.15, 0.2) is 29.3 Å². The number of allylic oxidation sites excluding steroid dienone is 1. The van der Waals surface area contributed by atoms with Gasteiger partial charge in [-0.3, -0.25) is 9.67 Å². The van der Waals surface area contributed by atoms with Crippen LogP contribution in [-0.4, -0.2) is 24.7 Å². The molecule has 0 N–H and O–H groups in total. The topological polar surface area (TPSA) is 56.0 Å². The standard InChI is InChI=1S/C17H15N5S/c1-2-9-18-12(6-1)17-15(14-8-4-10-22(14)19-17)11-5-3-7-13-16(11)21-23-20-13/h3,5-7,9H,1-2,4,8,10H2. The van der Waals surface area contributed by atoms with Gasteiger partial charge in [-0.05, 0) is 31.7 Å². The Morgan fingerprint density at radius 1 is 1.13 bits per heavy atom. The molecule has 0 fully saturated rings. The number of hydrogen-bond donors (Lipinski definition) is 0. The Hall–Kier alpha value is -2.34. The average Bonchev–Trinajstić information content (AvgIpc) is 3.30. The lowest BCUT2D eigenvalue weighted by Crippen LogP contribution is -1.96. The Morgan fingerprint density at radius 3 is 3.04 bits per heavy atom.